The third-order valence-corrected chi connectivity index (χ3v) is 8.36. The lowest BCUT2D eigenvalue weighted by Gasteiger charge is -2.11. The van der Waals surface area contributed by atoms with E-state index >= 15 is 0 Å². The van der Waals surface area contributed by atoms with Crippen LogP contribution in [0.5, 0.6) is 0 Å². The molecule has 2 aromatic carbocycles. The monoisotopic (exact) mass is 397 g/mol. The van der Waals surface area contributed by atoms with Crippen LogP contribution in [0.2, 0.25) is 0 Å². The van der Waals surface area contributed by atoms with Gasteiger partial charge in [-0.25, -0.2) is 21.2 Å². The van der Waals surface area contributed by atoms with Crippen molar-refractivity contribution < 1.29 is 26.0 Å². The molecule has 0 aliphatic carbocycles. The molecule has 1 fully saturated rings. The lowest BCUT2D eigenvalue weighted by molar-refractivity contribution is 0.102. The van der Waals surface area contributed by atoms with Crippen LogP contribution in [0, 0.1) is 5.82 Å². The predicted octanol–water partition coefficient (Wildman–Crippen LogP) is 2.04. The maximum Gasteiger partial charge on any atom is 0.255 e. The predicted molar refractivity (Wildman–Crippen MR) is 95.0 cm³/mol. The maximum absolute atomic E-state index is 12.9. The van der Waals surface area contributed by atoms with E-state index in [-0.39, 0.29) is 28.4 Å². The van der Waals surface area contributed by atoms with Gasteiger partial charge in [-0.3, -0.25) is 4.79 Å². The minimum atomic E-state index is -3.77. The second kappa shape index (κ2) is 6.81. The molecule has 0 aromatic heterocycles. The van der Waals surface area contributed by atoms with Crippen molar-refractivity contribution in [2.75, 3.05) is 16.8 Å². The molecule has 0 spiro atoms. The highest BCUT2D eigenvalue weighted by molar-refractivity contribution is 7.96. The lowest BCUT2D eigenvalue weighted by Crippen LogP contribution is -2.22. The molecule has 0 saturated carbocycles. The summed E-state index contributed by atoms with van der Waals surface area (Å²) in [7, 11) is -7.08. The first-order valence-corrected chi connectivity index (χ1v) is 11.2. The molecule has 138 valence electrons. The highest BCUT2D eigenvalue weighted by atomic mass is 32.2. The minimum Gasteiger partial charge on any atom is -0.322 e. The summed E-state index contributed by atoms with van der Waals surface area (Å²) in [6.45, 7) is 0. The quantitative estimate of drug-likeness (QED) is 0.851. The van der Waals surface area contributed by atoms with Crippen molar-refractivity contribution >= 4 is 31.3 Å². The standard InChI is InChI=1S/C17H16FNO5S2/c18-13-3-5-14(6-4-13)19-17(20)12-1-7-15(8-2-12)26(23,24)16-9-10-25(21,22)11-16/h1-8,16H,9-11H2,(H,19,20). The van der Waals surface area contributed by atoms with Crippen LogP contribution in [0.25, 0.3) is 0 Å². The first-order chi connectivity index (χ1) is 12.2. The Morgan fingerprint density at radius 3 is 2.19 bits per heavy atom. The molecular formula is C17H16FNO5S2. The van der Waals surface area contributed by atoms with Crippen molar-refractivity contribution in [3.63, 3.8) is 0 Å². The molecule has 1 aliphatic heterocycles. The van der Waals surface area contributed by atoms with E-state index < -0.39 is 36.6 Å². The summed E-state index contributed by atoms with van der Waals surface area (Å²) in [6.07, 6.45) is 0.0808. The van der Waals surface area contributed by atoms with Crippen molar-refractivity contribution in [1.82, 2.24) is 0 Å². The molecule has 1 amide bonds. The summed E-state index contributed by atoms with van der Waals surface area (Å²) in [6, 6.07) is 10.5. The number of halogens is 1. The van der Waals surface area contributed by atoms with Gasteiger partial charge in [-0.1, -0.05) is 0 Å². The summed E-state index contributed by atoms with van der Waals surface area (Å²) < 4.78 is 61.0. The maximum atomic E-state index is 12.9. The van der Waals surface area contributed by atoms with Gasteiger partial charge in [0.15, 0.2) is 19.7 Å². The van der Waals surface area contributed by atoms with E-state index in [0.29, 0.717) is 5.69 Å². The van der Waals surface area contributed by atoms with Gasteiger partial charge in [0, 0.05) is 11.3 Å². The zero-order valence-electron chi connectivity index (χ0n) is 13.6. The average molecular weight is 397 g/mol. The van der Waals surface area contributed by atoms with Crippen LogP contribution < -0.4 is 5.32 Å². The van der Waals surface area contributed by atoms with Crippen LogP contribution in [0.4, 0.5) is 10.1 Å². The Morgan fingerprint density at radius 2 is 1.65 bits per heavy atom. The van der Waals surface area contributed by atoms with Gasteiger partial charge in [-0.05, 0) is 55.0 Å². The van der Waals surface area contributed by atoms with Gasteiger partial charge in [0.1, 0.15) is 5.82 Å². The van der Waals surface area contributed by atoms with Crippen molar-refractivity contribution in [3.05, 3.63) is 59.9 Å². The highest BCUT2D eigenvalue weighted by Gasteiger charge is 2.37. The van der Waals surface area contributed by atoms with Crippen LogP contribution in [0.3, 0.4) is 0 Å². The van der Waals surface area contributed by atoms with Crippen LogP contribution in [-0.2, 0) is 19.7 Å². The second-order valence-electron chi connectivity index (χ2n) is 6.06. The van der Waals surface area contributed by atoms with Gasteiger partial charge >= 0.3 is 0 Å². The summed E-state index contributed by atoms with van der Waals surface area (Å²) in [5.41, 5.74) is 0.636. The topological polar surface area (TPSA) is 97.4 Å². The van der Waals surface area contributed by atoms with Crippen molar-refractivity contribution in [2.24, 2.45) is 0 Å². The molecule has 2 aromatic rings. The second-order valence-corrected chi connectivity index (χ2v) is 10.5. The lowest BCUT2D eigenvalue weighted by atomic mass is 10.2. The van der Waals surface area contributed by atoms with Crippen LogP contribution in [0.15, 0.2) is 53.4 Å². The molecular weight excluding hydrogens is 381 g/mol. The Labute approximate surface area is 150 Å². The molecule has 1 aliphatic rings. The Morgan fingerprint density at radius 1 is 1.04 bits per heavy atom. The van der Waals surface area contributed by atoms with E-state index in [4.69, 9.17) is 0 Å². The number of amides is 1. The third-order valence-electron chi connectivity index (χ3n) is 4.18. The number of hydrogen-bond acceptors (Lipinski definition) is 5. The van der Waals surface area contributed by atoms with E-state index in [1.54, 1.807) is 0 Å². The molecule has 3 rings (SSSR count). The van der Waals surface area contributed by atoms with E-state index in [0.717, 1.165) is 0 Å². The number of carbonyl (C=O) groups is 1. The molecule has 9 heteroatoms. The number of benzene rings is 2. The van der Waals surface area contributed by atoms with Crippen LogP contribution in [0.1, 0.15) is 16.8 Å². The van der Waals surface area contributed by atoms with Gasteiger partial charge in [-0.2, -0.15) is 0 Å². The first kappa shape index (κ1) is 18.5. The molecule has 1 heterocycles. The molecule has 6 nitrogen and oxygen atoms in total. The van der Waals surface area contributed by atoms with Gasteiger partial charge in [0.25, 0.3) is 5.91 Å². The molecule has 1 N–H and O–H groups in total. The molecule has 1 unspecified atom stereocenters. The first-order valence-electron chi connectivity index (χ1n) is 7.79. The van der Waals surface area contributed by atoms with Gasteiger partial charge in [-0.15, -0.1) is 0 Å². The van der Waals surface area contributed by atoms with Gasteiger partial charge in [0.05, 0.1) is 21.7 Å². The zero-order valence-corrected chi connectivity index (χ0v) is 15.2. The average Bonchev–Trinajstić information content (AvgIpc) is 2.98. The number of nitrogens with one attached hydrogen (secondary N) is 1. The summed E-state index contributed by atoms with van der Waals surface area (Å²) in [5, 5.41) is 1.62. The molecule has 1 saturated heterocycles. The minimum absolute atomic E-state index is 0.0158. The summed E-state index contributed by atoms with van der Waals surface area (Å²) in [5.74, 6) is -1.40. The van der Waals surface area contributed by atoms with Gasteiger partial charge < -0.3 is 5.32 Å². The Bertz CT molecular complexity index is 1030. The zero-order chi connectivity index (χ0) is 18.9. The fraction of sp³-hybridized carbons (Fsp3) is 0.235. The fourth-order valence-corrected chi connectivity index (χ4v) is 7.09. The molecule has 0 radical (unpaired) electrons. The molecule has 26 heavy (non-hydrogen) atoms. The molecule has 0 bridgehead atoms. The fourth-order valence-electron chi connectivity index (χ4n) is 2.73. The van der Waals surface area contributed by atoms with Crippen molar-refractivity contribution in [1.29, 1.82) is 0 Å². The Balaban J connectivity index is 1.75. The number of sulfone groups is 2. The van der Waals surface area contributed by atoms with Crippen molar-refractivity contribution in [3.8, 4) is 0 Å². The summed E-state index contributed by atoms with van der Waals surface area (Å²) in [4.78, 5) is 12.2. The molecule has 1 atom stereocenters. The smallest absolute Gasteiger partial charge is 0.255 e. The van der Waals surface area contributed by atoms with E-state index in [2.05, 4.69) is 5.32 Å². The Hall–Kier alpha value is -2.26. The van der Waals surface area contributed by atoms with Gasteiger partial charge in [0.2, 0.25) is 0 Å². The highest BCUT2D eigenvalue weighted by Crippen LogP contribution is 2.25. The summed E-state index contributed by atoms with van der Waals surface area (Å²) >= 11 is 0. The number of hydrogen-bond donors (Lipinski definition) is 1. The van der Waals surface area contributed by atoms with Crippen molar-refractivity contribution in [2.45, 2.75) is 16.6 Å². The number of carbonyl (C=O) groups excluding carboxylic acids is 1. The van der Waals surface area contributed by atoms with E-state index in [1.165, 1.54) is 48.5 Å². The van der Waals surface area contributed by atoms with E-state index in [1.807, 2.05) is 0 Å². The largest absolute Gasteiger partial charge is 0.322 e. The van der Waals surface area contributed by atoms with Crippen LogP contribution >= 0.6 is 0 Å². The number of rotatable bonds is 4. The van der Waals surface area contributed by atoms with Crippen LogP contribution in [-0.4, -0.2) is 39.5 Å². The Kier molecular flexibility index (Phi) is 4.85. The SMILES string of the molecule is O=C(Nc1ccc(F)cc1)c1ccc(S(=O)(=O)C2CCS(=O)(=O)C2)cc1. The number of anilines is 1. The normalized spacial score (nSPS) is 19.2. The van der Waals surface area contributed by atoms with E-state index in [9.17, 15) is 26.0 Å². The third kappa shape index (κ3) is 3.94.